The molecule has 0 spiro atoms. The number of carbonyl (C=O) groups is 1. The summed E-state index contributed by atoms with van der Waals surface area (Å²) in [5.41, 5.74) is 11.0. The number of carbonyl (C=O) groups excluding carboxylic acids is 1. The fraction of sp³-hybridized carbons (Fsp3) is 0.462. The van der Waals surface area contributed by atoms with E-state index in [-0.39, 0.29) is 16.9 Å². The molecule has 0 aliphatic heterocycles. The average Bonchev–Trinajstić information content (AvgIpc) is 2.30. The summed E-state index contributed by atoms with van der Waals surface area (Å²) in [4.78, 5) is 11.1. The topological polar surface area (TPSA) is 90.4 Å². The van der Waals surface area contributed by atoms with Gasteiger partial charge in [0.15, 0.2) is 0 Å². The minimum atomic E-state index is -0.684. The van der Waals surface area contributed by atoms with E-state index in [0.29, 0.717) is 25.7 Å². The summed E-state index contributed by atoms with van der Waals surface area (Å²) in [7, 11) is 0. The molecule has 0 aliphatic rings. The molecule has 1 amide bonds. The van der Waals surface area contributed by atoms with Gasteiger partial charge in [-0.15, -0.1) is 0 Å². The number of hydrogen-bond donors (Lipinski definition) is 3. The lowest BCUT2D eigenvalue weighted by atomic mass is 10.1. The Morgan fingerprint density at radius 3 is 2.74 bits per heavy atom. The van der Waals surface area contributed by atoms with Gasteiger partial charge in [0.1, 0.15) is 5.82 Å². The van der Waals surface area contributed by atoms with Crippen LogP contribution < -0.4 is 16.8 Å². The van der Waals surface area contributed by atoms with Crippen LogP contribution in [0.2, 0.25) is 0 Å². The molecule has 0 radical (unpaired) electrons. The fourth-order valence-corrected chi connectivity index (χ4v) is 1.51. The second-order valence-corrected chi connectivity index (χ2v) is 4.68. The number of nitrogens with one attached hydrogen (secondary N) is 1. The van der Waals surface area contributed by atoms with E-state index >= 15 is 0 Å². The largest absolute Gasteiger partial charge is 0.398 e. The summed E-state index contributed by atoms with van der Waals surface area (Å²) in [6, 6.07) is 2.40. The SMILES string of the molecule is CC(C)COCCNc1cc(C(N)=O)c(N)cc1F. The molecule has 6 heteroatoms. The summed E-state index contributed by atoms with van der Waals surface area (Å²) in [6.45, 7) is 5.64. The van der Waals surface area contributed by atoms with Crippen LogP contribution in [0.4, 0.5) is 15.8 Å². The van der Waals surface area contributed by atoms with Gasteiger partial charge in [0, 0.05) is 18.8 Å². The minimum absolute atomic E-state index is 0.0339. The number of anilines is 2. The van der Waals surface area contributed by atoms with Crippen LogP contribution in [0.25, 0.3) is 0 Å². The number of halogens is 1. The van der Waals surface area contributed by atoms with Gasteiger partial charge < -0.3 is 21.5 Å². The van der Waals surface area contributed by atoms with Gasteiger partial charge in [-0.3, -0.25) is 4.79 Å². The zero-order chi connectivity index (χ0) is 14.4. The number of nitrogen functional groups attached to an aromatic ring is 1. The van der Waals surface area contributed by atoms with Crippen LogP contribution in [0, 0.1) is 11.7 Å². The van der Waals surface area contributed by atoms with Gasteiger partial charge in [0.05, 0.1) is 17.9 Å². The molecule has 0 aliphatic carbocycles. The van der Waals surface area contributed by atoms with Crippen LogP contribution >= 0.6 is 0 Å². The molecule has 1 rings (SSSR count). The quantitative estimate of drug-likeness (QED) is 0.518. The van der Waals surface area contributed by atoms with Crippen molar-refractivity contribution in [1.82, 2.24) is 0 Å². The third-order valence-electron chi connectivity index (χ3n) is 2.42. The van der Waals surface area contributed by atoms with E-state index in [2.05, 4.69) is 5.32 Å². The molecule has 0 aromatic heterocycles. The number of hydrogen-bond acceptors (Lipinski definition) is 4. The molecule has 0 atom stereocenters. The van der Waals surface area contributed by atoms with Gasteiger partial charge >= 0.3 is 0 Å². The van der Waals surface area contributed by atoms with Crippen molar-refractivity contribution in [3.05, 3.63) is 23.5 Å². The molecule has 0 bridgehead atoms. The van der Waals surface area contributed by atoms with Crippen LogP contribution in [0.5, 0.6) is 0 Å². The third kappa shape index (κ3) is 4.75. The smallest absolute Gasteiger partial charge is 0.250 e. The lowest BCUT2D eigenvalue weighted by molar-refractivity contribution is 0.100. The van der Waals surface area contributed by atoms with E-state index in [1.165, 1.54) is 6.07 Å². The standard InChI is InChI=1S/C13H20FN3O2/c1-8(2)7-19-4-3-17-12-5-9(13(16)18)11(15)6-10(12)14/h5-6,8,17H,3-4,7,15H2,1-2H3,(H2,16,18). The number of benzene rings is 1. The average molecular weight is 269 g/mol. The first kappa shape index (κ1) is 15.2. The second-order valence-electron chi connectivity index (χ2n) is 4.68. The van der Waals surface area contributed by atoms with Crippen LogP contribution in [-0.2, 0) is 4.74 Å². The molecular formula is C13H20FN3O2. The van der Waals surface area contributed by atoms with Crippen molar-refractivity contribution in [3.8, 4) is 0 Å². The Bertz CT molecular complexity index is 450. The lowest BCUT2D eigenvalue weighted by Crippen LogP contribution is -2.16. The highest BCUT2D eigenvalue weighted by Gasteiger charge is 2.11. The molecule has 0 saturated heterocycles. The first-order valence-electron chi connectivity index (χ1n) is 6.12. The minimum Gasteiger partial charge on any atom is -0.398 e. The summed E-state index contributed by atoms with van der Waals surface area (Å²) < 4.78 is 19.0. The van der Waals surface area contributed by atoms with Gasteiger partial charge in [-0.2, -0.15) is 0 Å². The van der Waals surface area contributed by atoms with Gasteiger partial charge in [-0.1, -0.05) is 13.8 Å². The first-order chi connectivity index (χ1) is 8.91. The second kappa shape index (κ2) is 6.94. The molecular weight excluding hydrogens is 249 g/mol. The Morgan fingerprint density at radius 2 is 2.16 bits per heavy atom. The van der Waals surface area contributed by atoms with Crippen molar-refractivity contribution >= 4 is 17.3 Å². The van der Waals surface area contributed by atoms with E-state index in [1.54, 1.807) is 0 Å². The highest BCUT2D eigenvalue weighted by atomic mass is 19.1. The number of ether oxygens (including phenoxy) is 1. The van der Waals surface area contributed by atoms with Gasteiger partial charge in [0.2, 0.25) is 0 Å². The highest BCUT2D eigenvalue weighted by molar-refractivity contribution is 5.99. The Morgan fingerprint density at radius 1 is 1.47 bits per heavy atom. The predicted octanol–water partition coefficient (Wildman–Crippen LogP) is 1.59. The van der Waals surface area contributed by atoms with Crippen LogP contribution in [-0.4, -0.2) is 25.7 Å². The zero-order valence-corrected chi connectivity index (χ0v) is 11.2. The molecule has 0 saturated carbocycles. The predicted molar refractivity (Wildman–Crippen MR) is 73.5 cm³/mol. The van der Waals surface area contributed by atoms with Gasteiger partial charge in [0.25, 0.3) is 5.91 Å². The van der Waals surface area contributed by atoms with E-state index < -0.39 is 11.7 Å². The van der Waals surface area contributed by atoms with Crippen LogP contribution in [0.3, 0.4) is 0 Å². The number of nitrogens with two attached hydrogens (primary N) is 2. The van der Waals surface area contributed by atoms with Crippen molar-refractivity contribution in [3.63, 3.8) is 0 Å². The van der Waals surface area contributed by atoms with Gasteiger partial charge in [-0.25, -0.2) is 4.39 Å². The molecule has 1 aromatic rings. The Kier molecular flexibility index (Phi) is 5.57. The Balaban J connectivity index is 2.58. The van der Waals surface area contributed by atoms with Crippen molar-refractivity contribution in [1.29, 1.82) is 0 Å². The third-order valence-corrected chi connectivity index (χ3v) is 2.42. The maximum atomic E-state index is 13.6. The first-order valence-corrected chi connectivity index (χ1v) is 6.12. The van der Waals surface area contributed by atoms with Crippen molar-refractivity contribution in [2.75, 3.05) is 30.8 Å². The van der Waals surface area contributed by atoms with Crippen LogP contribution in [0.1, 0.15) is 24.2 Å². The van der Waals surface area contributed by atoms with Crippen LogP contribution in [0.15, 0.2) is 12.1 Å². The van der Waals surface area contributed by atoms with Gasteiger partial charge in [-0.05, 0) is 18.1 Å². The van der Waals surface area contributed by atoms with E-state index in [0.717, 1.165) is 6.07 Å². The van der Waals surface area contributed by atoms with Crippen molar-refractivity contribution < 1.29 is 13.9 Å². The fourth-order valence-electron chi connectivity index (χ4n) is 1.51. The highest BCUT2D eigenvalue weighted by Crippen LogP contribution is 2.21. The molecule has 0 fully saturated rings. The van der Waals surface area contributed by atoms with Crippen molar-refractivity contribution in [2.24, 2.45) is 11.7 Å². The maximum Gasteiger partial charge on any atom is 0.250 e. The lowest BCUT2D eigenvalue weighted by Gasteiger charge is -2.11. The molecule has 0 unspecified atom stereocenters. The summed E-state index contributed by atoms with van der Waals surface area (Å²) in [5.74, 6) is -0.752. The summed E-state index contributed by atoms with van der Waals surface area (Å²) in [5, 5.41) is 2.85. The zero-order valence-electron chi connectivity index (χ0n) is 11.2. The Hall–Kier alpha value is -1.82. The summed E-state index contributed by atoms with van der Waals surface area (Å²) in [6.07, 6.45) is 0. The number of primary amides is 1. The monoisotopic (exact) mass is 269 g/mol. The van der Waals surface area contributed by atoms with E-state index in [1.807, 2.05) is 13.8 Å². The molecule has 1 aromatic carbocycles. The molecule has 0 heterocycles. The molecule has 106 valence electrons. The Labute approximate surface area is 112 Å². The van der Waals surface area contributed by atoms with E-state index in [9.17, 15) is 9.18 Å². The normalized spacial score (nSPS) is 10.7. The van der Waals surface area contributed by atoms with E-state index in [4.69, 9.17) is 16.2 Å². The molecule has 5 N–H and O–H groups in total. The van der Waals surface area contributed by atoms with Crippen molar-refractivity contribution in [2.45, 2.75) is 13.8 Å². The maximum absolute atomic E-state index is 13.6. The number of rotatable bonds is 7. The molecule has 19 heavy (non-hydrogen) atoms. The number of amides is 1. The summed E-state index contributed by atoms with van der Waals surface area (Å²) >= 11 is 0. The molecule has 5 nitrogen and oxygen atoms in total.